The number of nitrogens with one attached hydrogen (secondary N) is 2. The first-order chi connectivity index (χ1) is 14.0. The minimum Gasteiger partial charge on any atom is -0.352 e. The van der Waals surface area contributed by atoms with Crippen molar-refractivity contribution in [2.24, 2.45) is 11.7 Å². The van der Waals surface area contributed by atoms with Gasteiger partial charge in [0.25, 0.3) is 0 Å². The Balaban J connectivity index is 1.53. The van der Waals surface area contributed by atoms with E-state index >= 15 is 0 Å². The third-order valence-electron chi connectivity index (χ3n) is 5.16. The van der Waals surface area contributed by atoms with Crippen LogP contribution in [-0.4, -0.2) is 35.8 Å². The largest absolute Gasteiger partial charge is 0.352 e. The zero-order valence-corrected chi connectivity index (χ0v) is 16.2. The van der Waals surface area contributed by atoms with Gasteiger partial charge in [-0.05, 0) is 30.5 Å². The van der Waals surface area contributed by atoms with Gasteiger partial charge in [-0.15, -0.1) is 0 Å². The van der Waals surface area contributed by atoms with E-state index in [4.69, 9.17) is 5.73 Å². The lowest BCUT2D eigenvalue weighted by Crippen LogP contribution is -2.43. The van der Waals surface area contributed by atoms with Crippen molar-refractivity contribution in [3.63, 3.8) is 0 Å². The number of amides is 4. The van der Waals surface area contributed by atoms with Gasteiger partial charge in [0.15, 0.2) is 0 Å². The van der Waals surface area contributed by atoms with Crippen LogP contribution in [0.3, 0.4) is 0 Å². The first-order valence-electron chi connectivity index (χ1n) is 9.77. The maximum atomic E-state index is 12.8. The predicted octanol–water partition coefficient (Wildman–Crippen LogP) is 2.66. The molecule has 0 radical (unpaired) electrons. The number of carbonyl (C=O) groups is 3. The Kier molecular flexibility index (Phi) is 6.84. The van der Waals surface area contributed by atoms with Crippen molar-refractivity contribution in [2.45, 2.75) is 25.3 Å². The number of anilines is 1. The predicted molar refractivity (Wildman–Crippen MR) is 111 cm³/mol. The number of urea groups is 1. The topological polar surface area (TPSA) is 105 Å². The molecular formula is C22H26N4O3. The fraction of sp³-hybridized carbons (Fsp3) is 0.318. The van der Waals surface area contributed by atoms with E-state index in [0.717, 1.165) is 11.3 Å². The molecule has 0 spiro atoms. The Labute approximate surface area is 170 Å². The zero-order valence-electron chi connectivity index (χ0n) is 16.2. The molecular weight excluding hydrogens is 368 g/mol. The van der Waals surface area contributed by atoms with Gasteiger partial charge >= 0.3 is 6.03 Å². The van der Waals surface area contributed by atoms with Crippen LogP contribution in [0.5, 0.6) is 0 Å². The van der Waals surface area contributed by atoms with Crippen molar-refractivity contribution in [3.05, 3.63) is 66.2 Å². The SMILES string of the molecule is NC(=O)N[C@@H](CC(=O)N1CCC(C(=O)Nc2ccccc2)CC1)c1ccccc1. The van der Waals surface area contributed by atoms with E-state index in [1.165, 1.54) is 0 Å². The summed E-state index contributed by atoms with van der Waals surface area (Å²) in [5.41, 5.74) is 6.89. The second-order valence-corrected chi connectivity index (χ2v) is 7.19. The second-order valence-electron chi connectivity index (χ2n) is 7.19. The molecule has 0 saturated carbocycles. The number of primary amides is 1. The van der Waals surface area contributed by atoms with E-state index < -0.39 is 12.1 Å². The van der Waals surface area contributed by atoms with E-state index in [0.29, 0.717) is 25.9 Å². The van der Waals surface area contributed by atoms with Crippen LogP contribution in [0.25, 0.3) is 0 Å². The molecule has 2 aromatic rings. The van der Waals surface area contributed by atoms with Gasteiger partial charge in [-0.1, -0.05) is 48.5 Å². The number of hydrogen-bond donors (Lipinski definition) is 3. The highest BCUT2D eigenvalue weighted by Crippen LogP contribution is 2.23. The highest BCUT2D eigenvalue weighted by molar-refractivity contribution is 5.92. The number of rotatable bonds is 6. The van der Waals surface area contributed by atoms with E-state index in [9.17, 15) is 14.4 Å². The average molecular weight is 394 g/mol. The maximum absolute atomic E-state index is 12.8. The molecule has 0 aromatic heterocycles. The van der Waals surface area contributed by atoms with Crippen molar-refractivity contribution in [1.29, 1.82) is 0 Å². The van der Waals surface area contributed by atoms with E-state index in [2.05, 4.69) is 10.6 Å². The summed E-state index contributed by atoms with van der Waals surface area (Å²) in [6.45, 7) is 1.04. The van der Waals surface area contributed by atoms with Gasteiger partial charge in [-0.3, -0.25) is 9.59 Å². The van der Waals surface area contributed by atoms with Crippen LogP contribution in [-0.2, 0) is 9.59 Å². The van der Waals surface area contributed by atoms with Crippen LogP contribution < -0.4 is 16.4 Å². The summed E-state index contributed by atoms with van der Waals surface area (Å²) in [7, 11) is 0. The molecule has 0 aliphatic carbocycles. The molecule has 3 rings (SSSR count). The molecule has 1 heterocycles. The quantitative estimate of drug-likeness (QED) is 0.701. The Morgan fingerprint density at radius 3 is 2.14 bits per heavy atom. The monoisotopic (exact) mass is 394 g/mol. The number of benzene rings is 2. The van der Waals surface area contributed by atoms with Crippen LogP contribution in [0.4, 0.5) is 10.5 Å². The van der Waals surface area contributed by atoms with Crippen molar-refractivity contribution >= 4 is 23.5 Å². The van der Waals surface area contributed by atoms with E-state index in [1.807, 2.05) is 60.7 Å². The lowest BCUT2D eigenvalue weighted by molar-refractivity contribution is -0.135. The Morgan fingerprint density at radius 2 is 1.55 bits per heavy atom. The van der Waals surface area contributed by atoms with Crippen molar-refractivity contribution in [1.82, 2.24) is 10.2 Å². The van der Waals surface area contributed by atoms with Crippen LogP contribution >= 0.6 is 0 Å². The van der Waals surface area contributed by atoms with Crippen molar-refractivity contribution in [2.75, 3.05) is 18.4 Å². The molecule has 4 N–H and O–H groups in total. The lowest BCUT2D eigenvalue weighted by atomic mass is 9.95. The number of hydrogen-bond acceptors (Lipinski definition) is 3. The molecule has 7 nitrogen and oxygen atoms in total. The first-order valence-corrected chi connectivity index (χ1v) is 9.77. The fourth-order valence-corrected chi connectivity index (χ4v) is 3.57. The van der Waals surface area contributed by atoms with E-state index in [1.54, 1.807) is 4.90 Å². The smallest absolute Gasteiger partial charge is 0.312 e. The summed E-state index contributed by atoms with van der Waals surface area (Å²) >= 11 is 0. The summed E-state index contributed by atoms with van der Waals surface area (Å²) in [6, 6.07) is 17.5. The summed E-state index contributed by atoms with van der Waals surface area (Å²) in [5.74, 6) is -0.191. The highest BCUT2D eigenvalue weighted by Gasteiger charge is 2.29. The standard InChI is InChI=1S/C22H26N4O3/c23-22(29)25-19(16-7-3-1-4-8-16)15-20(27)26-13-11-17(12-14-26)21(28)24-18-9-5-2-6-10-18/h1-10,17,19H,11-15H2,(H,24,28)(H3,23,25,29)/t19-/m0/s1. The maximum Gasteiger partial charge on any atom is 0.312 e. The van der Waals surface area contributed by atoms with Gasteiger partial charge in [-0.25, -0.2) is 4.79 Å². The average Bonchev–Trinajstić information content (AvgIpc) is 2.74. The van der Waals surface area contributed by atoms with Crippen molar-refractivity contribution < 1.29 is 14.4 Å². The number of likely N-dealkylation sites (tertiary alicyclic amines) is 1. The molecule has 0 bridgehead atoms. The fourth-order valence-electron chi connectivity index (χ4n) is 3.57. The number of nitrogens with zero attached hydrogens (tertiary/aromatic N) is 1. The Hall–Kier alpha value is -3.35. The van der Waals surface area contributed by atoms with Crippen LogP contribution in [0.2, 0.25) is 0 Å². The number of carbonyl (C=O) groups excluding carboxylic acids is 3. The molecule has 1 saturated heterocycles. The number of piperidine rings is 1. The normalized spacial score (nSPS) is 15.4. The van der Waals surface area contributed by atoms with Gasteiger partial charge < -0.3 is 21.3 Å². The molecule has 152 valence electrons. The minimum absolute atomic E-state index is 0.0131. The third kappa shape index (κ3) is 5.81. The molecule has 7 heteroatoms. The summed E-state index contributed by atoms with van der Waals surface area (Å²) in [4.78, 5) is 38.3. The summed E-state index contributed by atoms with van der Waals surface area (Å²) < 4.78 is 0. The van der Waals surface area contributed by atoms with Gasteiger partial charge in [0.2, 0.25) is 11.8 Å². The van der Waals surface area contributed by atoms with Crippen LogP contribution in [0.15, 0.2) is 60.7 Å². The molecule has 1 aliphatic rings. The number of para-hydroxylation sites is 1. The van der Waals surface area contributed by atoms with Crippen LogP contribution in [0, 0.1) is 5.92 Å². The van der Waals surface area contributed by atoms with Gasteiger partial charge in [0, 0.05) is 24.7 Å². The molecule has 1 atom stereocenters. The van der Waals surface area contributed by atoms with E-state index in [-0.39, 0.29) is 24.2 Å². The zero-order chi connectivity index (χ0) is 20.6. The molecule has 4 amide bonds. The first kappa shape index (κ1) is 20.4. The second kappa shape index (κ2) is 9.73. The van der Waals surface area contributed by atoms with Gasteiger partial charge in [-0.2, -0.15) is 0 Å². The molecule has 1 aliphatic heterocycles. The summed E-state index contributed by atoms with van der Waals surface area (Å²) in [5, 5.41) is 5.57. The van der Waals surface area contributed by atoms with Gasteiger partial charge in [0.05, 0.1) is 12.5 Å². The Morgan fingerprint density at radius 1 is 0.966 bits per heavy atom. The lowest BCUT2D eigenvalue weighted by Gasteiger charge is -2.32. The molecule has 1 fully saturated rings. The third-order valence-corrected chi connectivity index (χ3v) is 5.16. The number of nitrogens with two attached hydrogens (primary N) is 1. The van der Waals surface area contributed by atoms with Crippen molar-refractivity contribution in [3.8, 4) is 0 Å². The highest BCUT2D eigenvalue weighted by atomic mass is 16.2. The Bertz CT molecular complexity index is 834. The summed E-state index contributed by atoms with van der Waals surface area (Å²) in [6.07, 6.45) is 1.36. The molecule has 29 heavy (non-hydrogen) atoms. The van der Waals surface area contributed by atoms with Gasteiger partial charge in [0.1, 0.15) is 0 Å². The van der Waals surface area contributed by atoms with Crippen LogP contribution in [0.1, 0.15) is 30.9 Å². The molecule has 2 aromatic carbocycles. The molecule has 0 unspecified atom stereocenters. The minimum atomic E-state index is -0.664.